The first-order valence-electron chi connectivity index (χ1n) is 8.25. The van der Waals surface area contributed by atoms with Crippen molar-refractivity contribution in [2.24, 2.45) is 0 Å². The molecule has 8 heteroatoms. The Morgan fingerprint density at radius 2 is 1.88 bits per heavy atom. The van der Waals surface area contributed by atoms with Crippen LogP contribution in [0.25, 0.3) is 0 Å². The lowest BCUT2D eigenvalue weighted by Crippen LogP contribution is -2.40. The van der Waals surface area contributed by atoms with Gasteiger partial charge in [0.25, 0.3) is 0 Å². The van der Waals surface area contributed by atoms with E-state index >= 15 is 0 Å². The molecule has 0 aliphatic carbocycles. The molecular weight excluding hydrogens is 340 g/mol. The highest BCUT2D eigenvalue weighted by Crippen LogP contribution is 2.18. The van der Waals surface area contributed by atoms with Crippen LogP contribution < -0.4 is 5.32 Å². The van der Waals surface area contributed by atoms with Crippen molar-refractivity contribution in [2.75, 3.05) is 38.2 Å². The lowest BCUT2D eigenvalue weighted by Gasteiger charge is -2.26. The molecule has 1 aromatic carbocycles. The van der Waals surface area contributed by atoms with Crippen LogP contribution in [-0.4, -0.2) is 55.5 Å². The fraction of sp³-hybridized carbons (Fsp3) is 0.412. The molecule has 1 fully saturated rings. The molecular formula is C17H22N4O3S. The lowest BCUT2D eigenvalue weighted by molar-refractivity contribution is 0.0730. The van der Waals surface area contributed by atoms with E-state index in [2.05, 4.69) is 15.3 Å². The Kier molecular flexibility index (Phi) is 5.62. The number of ether oxygens (including phenoxy) is 1. The van der Waals surface area contributed by atoms with E-state index in [0.29, 0.717) is 37.7 Å². The molecule has 2 aromatic rings. The largest absolute Gasteiger partial charge is 0.379 e. The van der Waals surface area contributed by atoms with E-state index in [1.54, 1.807) is 12.1 Å². The minimum atomic E-state index is -3.43. The predicted octanol–water partition coefficient (Wildman–Crippen LogP) is 1.46. The standard InChI is InChI=1S/C17H22N4O3S/c1-14-12-17(20-13-19-14)18-7-6-15-2-4-16(5-3-15)25(22,23)21-8-10-24-11-9-21/h2-5,12-13H,6-11H2,1H3,(H,18,19,20). The van der Waals surface area contributed by atoms with Gasteiger partial charge in [-0.3, -0.25) is 0 Å². The average Bonchev–Trinajstić information content (AvgIpc) is 2.63. The quantitative estimate of drug-likeness (QED) is 0.837. The van der Waals surface area contributed by atoms with Gasteiger partial charge in [-0.05, 0) is 31.0 Å². The fourth-order valence-corrected chi connectivity index (χ4v) is 4.06. The van der Waals surface area contributed by atoms with Gasteiger partial charge in [-0.1, -0.05) is 12.1 Å². The molecule has 7 nitrogen and oxygen atoms in total. The zero-order valence-corrected chi connectivity index (χ0v) is 15.0. The second-order valence-corrected chi connectivity index (χ2v) is 7.82. The molecule has 0 saturated carbocycles. The molecule has 3 rings (SSSR count). The topological polar surface area (TPSA) is 84.4 Å². The van der Waals surface area contributed by atoms with Gasteiger partial charge in [0, 0.05) is 31.4 Å². The lowest BCUT2D eigenvalue weighted by atomic mass is 10.1. The number of benzene rings is 1. The summed E-state index contributed by atoms with van der Waals surface area (Å²) in [6, 6.07) is 8.96. The van der Waals surface area contributed by atoms with Gasteiger partial charge in [0.15, 0.2) is 0 Å². The summed E-state index contributed by atoms with van der Waals surface area (Å²) in [4.78, 5) is 8.54. The molecule has 25 heavy (non-hydrogen) atoms. The van der Waals surface area contributed by atoms with Crippen molar-refractivity contribution in [1.29, 1.82) is 0 Å². The number of nitrogens with one attached hydrogen (secondary N) is 1. The van der Waals surface area contributed by atoms with E-state index in [1.165, 1.54) is 10.6 Å². The molecule has 134 valence electrons. The first-order valence-corrected chi connectivity index (χ1v) is 9.69. The zero-order valence-electron chi connectivity index (χ0n) is 14.2. The van der Waals surface area contributed by atoms with Gasteiger partial charge in [0.2, 0.25) is 10.0 Å². The summed E-state index contributed by atoms with van der Waals surface area (Å²) < 4.78 is 31.8. The summed E-state index contributed by atoms with van der Waals surface area (Å²) >= 11 is 0. The van der Waals surface area contributed by atoms with Crippen LogP contribution in [0.5, 0.6) is 0 Å². The molecule has 0 amide bonds. The van der Waals surface area contributed by atoms with Crippen molar-refractivity contribution in [2.45, 2.75) is 18.2 Å². The maximum Gasteiger partial charge on any atom is 0.243 e. The SMILES string of the molecule is Cc1cc(NCCc2ccc(S(=O)(=O)N3CCOCC3)cc2)ncn1. The zero-order chi connectivity index (χ0) is 17.7. The van der Waals surface area contributed by atoms with Gasteiger partial charge in [-0.25, -0.2) is 18.4 Å². The Hall–Kier alpha value is -2.03. The number of hydrogen-bond donors (Lipinski definition) is 1. The first-order chi connectivity index (χ1) is 12.1. The number of anilines is 1. The number of nitrogens with zero attached hydrogens (tertiary/aromatic N) is 3. The summed E-state index contributed by atoms with van der Waals surface area (Å²) in [6.07, 6.45) is 2.31. The predicted molar refractivity (Wildman–Crippen MR) is 95.0 cm³/mol. The number of aryl methyl sites for hydroxylation is 1. The molecule has 1 aromatic heterocycles. The first kappa shape index (κ1) is 17.8. The molecule has 2 heterocycles. The van der Waals surface area contributed by atoms with Crippen molar-refractivity contribution in [3.05, 3.63) is 47.9 Å². The Morgan fingerprint density at radius 3 is 2.56 bits per heavy atom. The van der Waals surface area contributed by atoms with E-state index in [4.69, 9.17) is 4.74 Å². The summed E-state index contributed by atoms with van der Waals surface area (Å²) in [6.45, 7) is 4.35. The van der Waals surface area contributed by atoms with Gasteiger partial charge in [-0.2, -0.15) is 4.31 Å². The second-order valence-electron chi connectivity index (χ2n) is 5.88. The van der Waals surface area contributed by atoms with E-state index in [-0.39, 0.29) is 0 Å². The molecule has 1 saturated heterocycles. The third-order valence-electron chi connectivity index (χ3n) is 4.05. The van der Waals surface area contributed by atoms with Crippen molar-refractivity contribution in [1.82, 2.24) is 14.3 Å². The van der Waals surface area contributed by atoms with E-state index in [0.717, 1.165) is 23.5 Å². The summed E-state index contributed by atoms with van der Waals surface area (Å²) in [7, 11) is -3.43. The van der Waals surface area contributed by atoms with Gasteiger partial charge in [0.1, 0.15) is 12.1 Å². The monoisotopic (exact) mass is 362 g/mol. The van der Waals surface area contributed by atoms with E-state index in [1.807, 2.05) is 25.1 Å². The normalized spacial score (nSPS) is 15.9. The Balaban J connectivity index is 1.58. The van der Waals surface area contributed by atoms with Crippen LogP contribution in [0.15, 0.2) is 41.6 Å². The molecule has 1 aliphatic rings. The highest BCUT2D eigenvalue weighted by Gasteiger charge is 2.25. The Labute approximate surface area is 148 Å². The average molecular weight is 362 g/mol. The van der Waals surface area contributed by atoms with Crippen molar-refractivity contribution < 1.29 is 13.2 Å². The van der Waals surface area contributed by atoms with Crippen LogP contribution in [0.2, 0.25) is 0 Å². The molecule has 0 bridgehead atoms. The molecule has 1 aliphatic heterocycles. The minimum Gasteiger partial charge on any atom is -0.379 e. The van der Waals surface area contributed by atoms with Crippen molar-refractivity contribution in [3.63, 3.8) is 0 Å². The second kappa shape index (κ2) is 7.90. The van der Waals surface area contributed by atoms with E-state index in [9.17, 15) is 8.42 Å². The van der Waals surface area contributed by atoms with Crippen LogP contribution in [0.3, 0.4) is 0 Å². The van der Waals surface area contributed by atoms with Gasteiger partial charge in [0.05, 0.1) is 18.1 Å². The number of hydrogen-bond acceptors (Lipinski definition) is 6. The van der Waals surface area contributed by atoms with E-state index < -0.39 is 10.0 Å². The summed E-state index contributed by atoms with van der Waals surface area (Å²) in [5.41, 5.74) is 1.98. The van der Waals surface area contributed by atoms with Crippen LogP contribution in [0, 0.1) is 6.92 Å². The minimum absolute atomic E-state index is 0.331. The molecule has 0 atom stereocenters. The maximum absolute atomic E-state index is 12.6. The molecule has 0 radical (unpaired) electrons. The fourth-order valence-electron chi connectivity index (χ4n) is 2.65. The Bertz CT molecular complexity index is 803. The third-order valence-corrected chi connectivity index (χ3v) is 5.97. The molecule has 1 N–H and O–H groups in total. The van der Waals surface area contributed by atoms with Gasteiger partial charge < -0.3 is 10.1 Å². The summed E-state index contributed by atoms with van der Waals surface area (Å²) in [5, 5.41) is 3.24. The van der Waals surface area contributed by atoms with Gasteiger partial charge in [-0.15, -0.1) is 0 Å². The van der Waals surface area contributed by atoms with Crippen LogP contribution in [0.1, 0.15) is 11.3 Å². The highest BCUT2D eigenvalue weighted by molar-refractivity contribution is 7.89. The number of morpholine rings is 1. The maximum atomic E-state index is 12.6. The number of sulfonamides is 1. The van der Waals surface area contributed by atoms with Crippen LogP contribution in [-0.2, 0) is 21.2 Å². The number of rotatable bonds is 6. The summed E-state index contributed by atoms with van der Waals surface area (Å²) in [5.74, 6) is 0.791. The van der Waals surface area contributed by atoms with Crippen molar-refractivity contribution in [3.8, 4) is 0 Å². The van der Waals surface area contributed by atoms with Gasteiger partial charge >= 0.3 is 0 Å². The molecule has 0 unspecified atom stereocenters. The van der Waals surface area contributed by atoms with Crippen molar-refractivity contribution >= 4 is 15.8 Å². The number of aromatic nitrogens is 2. The highest BCUT2D eigenvalue weighted by atomic mass is 32.2. The smallest absolute Gasteiger partial charge is 0.243 e. The Morgan fingerprint density at radius 1 is 1.16 bits per heavy atom. The van der Waals surface area contributed by atoms with Crippen LogP contribution in [0.4, 0.5) is 5.82 Å². The third kappa shape index (κ3) is 4.53. The van der Waals surface area contributed by atoms with Crippen LogP contribution >= 0.6 is 0 Å². The molecule has 0 spiro atoms.